The first-order valence-electron chi connectivity index (χ1n) is 20.4. The highest BCUT2D eigenvalue weighted by Crippen LogP contribution is 2.44. The summed E-state index contributed by atoms with van der Waals surface area (Å²) < 4.78 is 31.5. The van der Waals surface area contributed by atoms with Crippen molar-refractivity contribution in [2.75, 3.05) is 19.8 Å². The molecule has 61 heavy (non-hydrogen) atoms. The molecule has 0 amide bonds. The molecule has 11 heteroatoms. The number of rotatable bonds is 15. The number of benzene rings is 6. The number of aliphatic hydroxyl groups is 6. The van der Waals surface area contributed by atoms with Crippen molar-refractivity contribution in [2.24, 2.45) is 0 Å². The average molecular weight is 827 g/mol. The van der Waals surface area contributed by atoms with Crippen LogP contribution in [-0.2, 0) is 34.9 Å². The van der Waals surface area contributed by atoms with Gasteiger partial charge in [-0.15, -0.1) is 0 Å². The van der Waals surface area contributed by atoms with Crippen LogP contribution in [0.3, 0.4) is 0 Å². The van der Waals surface area contributed by atoms with Crippen LogP contribution in [0.15, 0.2) is 182 Å². The second-order valence-corrected chi connectivity index (χ2v) is 15.4. The summed E-state index contributed by atoms with van der Waals surface area (Å²) in [7, 11) is 0. The molecule has 2 heterocycles. The third-order valence-electron chi connectivity index (χ3n) is 11.7. The van der Waals surface area contributed by atoms with Crippen LogP contribution in [0.1, 0.15) is 33.4 Å². The van der Waals surface area contributed by atoms with E-state index in [0.29, 0.717) is 0 Å². The van der Waals surface area contributed by atoms with E-state index >= 15 is 0 Å². The minimum Gasteiger partial charge on any atom is -0.387 e. The van der Waals surface area contributed by atoms with Gasteiger partial charge in [-0.2, -0.15) is 0 Å². The zero-order valence-corrected chi connectivity index (χ0v) is 33.3. The van der Waals surface area contributed by atoms with Crippen molar-refractivity contribution in [3.63, 3.8) is 0 Å². The predicted octanol–water partition coefficient (Wildman–Crippen LogP) is 4.64. The van der Waals surface area contributed by atoms with Crippen LogP contribution in [0, 0.1) is 0 Å². The van der Waals surface area contributed by atoms with Crippen molar-refractivity contribution >= 4 is 0 Å². The fraction of sp³-hybridized carbons (Fsp3) is 0.280. The van der Waals surface area contributed by atoms with E-state index in [0.717, 1.165) is 33.4 Å². The third kappa shape index (κ3) is 8.31. The van der Waals surface area contributed by atoms with Gasteiger partial charge in [0.05, 0.1) is 13.2 Å². The molecule has 6 N–H and O–H groups in total. The smallest absolute Gasteiger partial charge is 0.219 e. The van der Waals surface area contributed by atoms with Crippen LogP contribution in [0.4, 0.5) is 0 Å². The van der Waals surface area contributed by atoms with Crippen molar-refractivity contribution in [3.05, 3.63) is 215 Å². The summed E-state index contributed by atoms with van der Waals surface area (Å²) in [6.45, 7) is -1.34. The van der Waals surface area contributed by atoms with E-state index in [1.165, 1.54) is 0 Å². The molecule has 0 spiro atoms. The summed E-state index contributed by atoms with van der Waals surface area (Å²) in [6.07, 6.45) is -12.6. The van der Waals surface area contributed by atoms with Gasteiger partial charge in [0, 0.05) is 0 Å². The molecule has 0 aliphatic carbocycles. The van der Waals surface area contributed by atoms with Crippen LogP contribution in [0.2, 0.25) is 0 Å². The maximum Gasteiger partial charge on any atom is 0.219 e. The van der Waals surface area contributed by atoms with Gasteiger partial charge >= 0.3 is 0 Å². The molecule has 0 saturated carbocycles. The molecule has 11 nitrogen and oxygen atoms in total. The Bertz CT molecular complexity index is 2060. The minimum atomic E-state index is -2.41. The molecule has 2 aliphatic rings. The third-order valence-corrected chi connectivity index (χ3v) is 11.7. The highest BCUT2D eigenvalue weighted by molar-refractivity contribution is 5.49. The Morgan fingerprint density at radius 2 is 0.787 bits per heavy atom. The fourth-order valence-corrected chi connectivity index (χ4v) is 8.46. The van der Waals surface area contributed by atoms with Gasteiger partial charge in [0.2, 0.25) is 5.79 Å². The molecule has 2 fully saturated rings. The Morgan fingerprint density at radius 3 is 1.16 bits per heavy atom. The fourth-order valence-electron chi connectivity index (χ4n) is 8.46. The molecule has 0 unspecified atom stereocenters. The Balaban J connectivity index is 1.00. The second kappa shape index (κ2) is 18.5. The molecule has 2 aliphatic heterocycles. The zero-order chi connectivity index (χ0) is 42.5. The Morgan fingerprint density at radius 1 is 0.426 bits per heavy atom. The predicted molar refractivity (Wildman–Crippen MR) is 225 cm³/mol. The van der Waals surface area contributed by atoms with Crippen molar-refractivity contribution in [1.82, 2.24) is 0 Å². The lowest BCUT2D eigenvalue weighted by Gasteiger charge is -2.42. The summed E-state index contributed by atoms with van der Waals surface area (Å²) in [6, 6.07) is 57.2. The topological polar surface area (TPSA) is 168 Å². The Labute approximate surface area is 354 Å². The second-order valence-electron chi connectivity index (χ2n) is 15.4. The van der Waals surface area contributed by atoms with Crippen LogP contribution >= 0.6 is 0 Å². The van der Waals surface area contributed by atoms with Gasteiger partial charge in [-0.05, 0) is 33.4 Å². The van der Waals surface area contributed by atoms with E-state index in [2.05, 4.69) is 0 Å². The van der Waals surface area contributed by atoms with E-state index in [9.17, 15) is 30.6 Å². The maximum absolute atomic E-state index is 11.9. The number of aliphatic hydroxyl groups excluding tert-OH is 5. The van der Waals surface area contributed by atoms with Gasteiger partial charge in [0.25, 0.3) is 0 Å². The minimum absolute atomic E-state index is 0.256. The lowest BCUT2D eigenvalue weighted by molar-refractivity contribution is -0.315. The summed E-state index contributed by atoms with van der Waals surface area (Å²) in [5, 5.41) is 67.7. The van der Waals surface area contributed by atoms with Crippen molar-refractivity contribution in [3.8, 4) is 0 Å². The highest BCUT2D eigenvalue weighted by atomic mass is 16.7. The molecule has 6 aromatic carbocycles. The molecule has 2 saturated heterocycles. The largest absolute Gasteiger partial charge is 0.387 e. The first-order valence-corrected chi connectivity index (χ1v) is 20.4. The molecule has 0 bridgehead atoms. The standard InChI is InChI=1S/C50H50O11/c51-42-40(32-58-49(34-19-7-1-8-20-34,35-21-9-2-10-22-35)36-23-11-3-12-24-36)60-47(45(54)44(42)53)57-31-41-43(52)46(55)48(56,61-41)33-59-50(37-25-13-4-14-26-37,38-27-15-5-16-28-38)39-29-17-6-18-30-39/h1-30,40-47,51-56H,31-33H2/t40-,41-,42-,43-,44+,45-,46+,47+,48+/m1/s1. The SMILES string of the molecule is O[C@@H]1[C@@H](O)[C@@H](OC[C@H]2O[C@@](O)(COC(c3ccccc3)(c3ccccc3)c3ccccc3)[C@@H](O)[C@@H]2O)O[C@H](COC(c2ccccc2)(c2ccccc2)c2ccccc2)[C@H]1O. The van der Waals surface area contributed by atoms with Crippen molar-refractivity contribution < 1.29 is 54.3 Å². The first-order chi connectivity index (χ1) is 29.7. The molecular formula is C50H50O11. The molecule has 0 radical (unpaired) electrons. The number of ether oxygens (including phenoxy) is 5. The molecule has 316 valence electrons. The van der Waals surface area contributed by atoms with Crippen LogP contribution in [-0.4, -0.2) is 105 Å². The zero-order valence-electron chi connectivity index (χ0n) is 33.3. The van der Waals surface area contributed by atoms with Gasteiger partial charge in [0.1, 0.15) is 60.5 Å². The van der Waals surface area contributed by atoms with Gasteiger partial charge in [-0.1, -0.05) is 182 Å². The average Bonchev–Trinajstić information content (AvgIpc) is 3.54. The quantitative estimate of drug-likeness (QED) is 0.0800. The van der Waals surface area contributed by atoms with Gasteiger partial charge in [-0.25, -0.2) is 0 Å². The van der Waals surface area contributed by atoms with Crippen molar-refractivity contribution in [2.45, 2.75) is 66.0 Å². The van der Waals surface area contributed by atoms with Crippen LogP contribution < -0.4 is 0 Å². The molecule has 8 rings (SSSR count). The maximum atomic E-state index is 11.9. The van der Waals surface area contributed by atoms with Crippen LogP contribution in [0.25, 0.3) is 0 Å². The van der Waals surface area contributed by atoms with E-state index in [1.807, 2.05) is 182 Å². The van der Waals surface area contributed by atoms with E-state index in [-0.39, 0.29) is 6.61 Å². The van der Waals surface area contributed by atoms with Gasteiger partial charge in [0.15, 0.2) is 6.29 Å². The first kappa shape index (κ1) is 42.6. The molecule has 6 aromatic rings. The van der Waals surface area contributed by atoms with E-state index in [1.54, 1.807) is 0 Å². The van der Waals surface area contributed by atoms with E-state index in [4.69, 9.17) is 23.7 Å². The lowest BCUT2D eigenvalue weighted by atomic mass is 9.80. The highest BCUT2D eigenvalue weighted by Gasteiger charge is 2.56. The van der Waals surface area contributed by atoms with Crippen molar-refractivity contribution in [1.29, 1.82) is 0 Å². The summed E-state index contributed by atoms with van der Waals surface area (Å²) in [4.78, 5) is 0. The summed E-state index contributed by atoms with van der Waals surface area (Å²) >= 11 is 0. The monoisotopic (exact) mass is 826 g/mol. The van der Waals surface area contributed by atoms with Crippen LogP contribution in [0.5, 0.6) is 0 Å². The lowest BCUT2D eigenvalue weighted by Crippen LogP contribution is -2.60. The Hall–Kier alpha value is -5.12. The van der Waals surface area contributed by atoms with E-state index < -0.39 is 79.2 Å². The molecule has 9 atom stereocenters. The normalized spacial score (nSPS) is 26.9. The number of hydrogen-bond acceptors (Lipinski definition) is 11. The molecular weight excluding hydrogens is 777 g/mol. The van der Waals surface area contributed by atoms with Gasteiger partial charge < -0.3 is 54.3 Å². The molecule has 0 aromatic heterocycles. The summed E-state index contributed by atoms with van der Waals surface area (Å²) in [5.74, 6) is -2.41. The summed E-state index contributed by atoms with van der Waals surface area (Å²) in [5.41, 5.74) is 2.23. The number of hydrogen-bond donors (Lipinski definition) is 6. The Kier molecular flexibility index (Phi) is 12.9. The van der Waals surface area contributed by atoms with Gasteiger partial charge in [-0.3, -0.25) is 0 Å².